The van der Waals surface area contributed by atoms with Crippen LogP contribution in [0.1, 0.15) is 11.7 Å². The predicted molar refractivity (Wildman–Crippen MR) is 98.6 cm³/mol. The van der Waals surface area contributed by atoms with E-state index < -0.39 is 0 Å². The molecule has 7 heteroatoms. The Morgan fingerprint density at radius 2 is 1.80 bits per heavy atom. The van der Waals surface area contributed by atoms with Gasteiger partial charge in [0.15, 0.2) is 0 Å². The maximum atomic E-state index is 6.17. The van der Waals surface area contributed by atoms with Crippen molar-refractivity contribution in [3.05, 3.63) is 65.3 Å². The second kappa shape index (κ2) is 6.82. The second-order valence-electron chi connectivity index (χ2n) is 5.36. The largest absolute Gasteiger partial charge is 0.420 e. The molecule has 0 amide bonds. The molecule has 4 aromatic rings. The van der Waals surface area contributed by atoms with Gasteiger partial charge in [-0.1, -0.05) is 53.7 Å². The molecule has 0 fully saturated rings. The van der Waals surface area contributed by atoms with Gasteiger partial charge in [0, 0.05) is 5.39 Å². The van der Waals surface area contributed by atoms with Crippen LogP contribution in [0, 0.1) is 6.92 Å². The normalized spacial score (nSPS) is 11.1. The number of thioether (sulfide) groups is 1. The van der Waals surface area contributed by atoms with Gasteiger partial charge in [-0.3, -0.25) is 0 Å². The summed E-state index contributed by atoms with van der Waals surface area (Å²) in [5.41, 5.74) is 1.66. The quantitative estimate of drug-likeness (QED) is 0.375. The summed E-state index contributed by atoms with van der Waals surface area (Å²) in [5.74, 6) is 2.21. The van der Waals surface area contributed by atoms with E-state index in [0.717, 1.165) is 27.3 Å². The minimum absolute atomic E-state index is 0.421. The topological polar surface area (TPSA) is 64.7 Å². The highest BCUT2D eigenvalue weighted by Crippen LogP contribution is 2.30. The van der Waals surface area contributed by atoms with Crippen LogP contribution >= 0.6 is 23.4 Å². The number of fused-ring (bicyclic) bond motifs is 1. The van der Waals surface area contributed by atoms with Crippen LogP contribution < -0.4 is 0 Å². The van der Waals surface area contributed by atoms with Crippen LogP contribution in [-0.4, -0.2) is 20.2 Å². The lowest BCUT2D eigenvalue weighted by atomic mass is 10.2. The molecular weight excluding hydrogens is 356 g/mol. The third kappa shape index (κ3) is 3.36. The fourth-order valence-electron chi connectivity index (χ4n) is 2.45. The van der Waals surface area contributed by atoms with E-state index in [-0.39, 0.29) is 0 Å². The molecule has 2 aromatic heterocycles. The molecule has 2 aromatic carbocycles. The Hall–Kier alpha value is -2.44. The van der Waals surface area contributed by atoms with Gasteiger partial charge >= 0.3 is 0 Å². The van der Waals surface area contributed by atoms with Gasteiger partial charge in [-0.25, -0.2) is 9.97 Å². The van der Waals surface area contributed by atoms with Crippen LogP contribution in [-0.2, 0) is 5.75 Å². The van der Waals surface area contributed by atoms with Crippen molar-refractivity contribution in [2.75, 3.05) is 0 Å². The number of nitrogens with zero attached hydrogens (tertiary/aromatic N) is 4. The van der Waals surface area contributed by atoms with Gasteiger partial charge in [0.2, 0.25) is 11.8 Å². The fourth-order valence-corrected chi connectivity index (χ4v) is 3.57. The highest BCUT2D eigenvalue weighted by Gasteiger charge is 2.13. The average molecular weight is 369 g/mol. The van der Waals surface area contributed by atoms with Crippen molar-refractivity contribution in [3.8, 4) is 11.5 Å². The Bertz CT molecular complexity index is 1050. The molecule has 0 aliphatic rings. The number of aromatic nitrogens is 4. The summed E-state index contributed by atoms with van der Waals surface area (Å²) >= 11 is 7.72. The van der Waals surface area contributed by atoms with E-state index in [1.54, 1.807) is 17.8 Å². The molecule has 0 radical (unpaired) electrons. The van der Waals surface area contributed by atoms with Crippen LogP contribution in [0.15, 0.2) is 58.0 Å². The molecule has 0 atom stereocenters. The molecule has 0 aliphatic carbocycles. The van der Waals surface area contributed by atoms with Gasteiger partial charge in [0.1, 0.15) is 10.9 Å². The minimum atomic E-state index is 0.421. The summed E-state index contributed by atoms with van der Waals surface area (Å²) in [4.78, 5) is 8.99. The number of halogens is 1. The van der Waals surface area contributed by atoms with Crippen molar-refractivity contribution in [1.29, 1.82) is 0 Å². The molecule has 0 aliphatic heterocycles. The minimum Gasteiger partial charge on any atom is -0.420 e. The summed E-state index contributed by atoms with van der Waals surface area (Å²) in [5, 5.41) is 10.7. The van der Waals surface area contributed by atoms with Gasteiger partial charge in [0.05, 0.1) is 21.9 Å². The van der Waals surface area contributed by atoms with Gasteiger partial charge in [0.25, 0.3) is 0 Å². The zero-order chi connectivity index (χ0) is 17.2. The first-order chi connectivity index (χ1) is 12.2. The summed E-state index contributed by atoms with van der Waals surface area (Å²) < 4.78 is 5.74. The molecule has 0 unspecified atom stereocenters. The smallest absolute Gasteiger partial charge is 0.249 e. The van der Waals surface area contributed by atoms with Gasteiger partial charge in [-0.05, 0) is 25.1 Å². The first kappa shape index (κ1) is 16.1. The standard InChI is InChI=1S/C18H13ClN4OS/c1-11-20-15-9-5-3-7-13(15)18(21-11)25-10-16-22-23-17(24-16)12-6-2-4-8-14(12)19/h2-9H,10H2,1H3. The van der Waals surface area contributed by atoms with Crippen molar-refractivity contribution in [3.63, 3.8) is 0 Å². The summed E-state index contributed by atoms with van der Waals surface area (Å²) in [6, 6.07) is 15.3. The van der Waals surface area contributed by atoms with Gasteiger partial charge < -0.3 is 4.42 Å². The lowest BCUT2D eigenvalue weighted by molar-refractivity contribution is 0.528. The second-order valence-corrected chi connectivity index (χ2v) is 6.73. The van der Waals surface area contributed by atoms with Gasteiger partial charge in [-0.2, -0.15) is 0 Å². The number of aryl methyl sites for hydroxylation is 1. The molecule has 0 spiro atoms. The SMILES string of the molecule is Cc1nc(SCc2nnc(-c3ccccc3Cl)o2)c2ccccc2n1. The molecule has 0 N–H and O–H groups in total. The Balaban J connectivity index is 1.58. The highest BCUT2D eigenvalue weighted by molar-refractivity contribution is 7.98. The van der Waals surface area contributed by atoms with Crippen molar-refractivity contribution in [2.45, 2.75) is 17.7 Å². The Labute approximate surface area is 153 Å². The molecule has 25 heavy (non-hydrogen) atoms. The number of rotatable bonds is 4. The molecular formula is C18H13ClN4OS. The molecule has 0 saturated heterocycles. The van der Waals surface area contributed by atoms with E-state index in [9.17, 15) is 0 Å². The third-order valence-corrected chi connectivity index (χ3v) is 4.89. The number of para-hydroxylation sites is 1. The zero-order valence-corrected chi connectivity index (χ0v) is 14.9. The van der Waals surface area contributed by atoms with E-state index in [2.05, 4.69) is 20.2 Å². The summed E-state index contributed by atoms with van der Waals surface area (Å²) in [6.07, 6.45) is 0. The fraction of sp³-hybridized carbons (Fsp3) is 0.111. The number of benzene rings is 2. The molecule has 0 bridgehead atoms. The Morgan fingerprint density at radius 3 is 2.68 bits per heavy atom. The highest BCUT2D eigenvalue weighted by atomic mass is 35.5. The number of hydrogen-bond donors (Lipinski definition) is 0. The van der Waals surface area contributed by atoms with Crippen LogP contribution in [0.25, 0.3) is 22.4 Å². The van der Waals surface area contributed by atoms with Crippen LogP contribution in [0.3, 0.4) is 0 Å². The van der Waals surface area contributed by atoms with Crippen molar-refractivity contribution < 1.29 is 4.42 Å². The van der Waals surface area contributed by atoms with E-state index in [0.29, 0.717) is 22.6 Å². The monoisotopic (exact) mass is 368 g/mol. The van der Waals surface area contributed by atoms with E-state index in [1.807, 2.05) is 49.4 Å². The summed E-state index contributed by atoms with van der Waals surface area (Å²) in [7, 11) is 0. The Morgan fingerprint density at radius 1 is 1.00 bits per heavy atom. The first-order valence-corrected chi connectivity index (χ1v) is 9.00. The van der Waals surface area contributed by atoms with Crippen LogP contribution in [0.4, 0.5) is 0 Å². The third-order valence-electron chi connectivity index (χ3n) is 3.58. The zero-order valence-electron chi connectivity index (χ0n) is 13.3. The molecule has 124 valence electrons. The van der Waals surface area contributed by atoms with Gasteiger partial charge in [-0.15, -0.1) is 10.2 Å². The van der Waals surface area contributed by atoms with Crippen molar-refractivity contribution in [1.82, 2.24) is 20.2 Å². The molecule has 5 nitrogen and oxygen atoms in total. The number of hydrogen-bond acceptors (Lipinski definition) is 6. The molecule has 4 rings (SSSR count). The lowest BCUT2D eigenvalue weighted by Gasteiger charge is -2.05. The van der Waals surface area contributed by atoms with Crippen molar-refractivity contribution in [2.24, 2.45) is 0 Å². The average Bonchev–Trinajstić information content (AvgIpc) is 3.08. The maximum Gasteiger partial charge on any atom is 0.249 e. The predicted octanol–water partition coefficient (Wildman–Crippen LogP) is 4.93. The van der Waals surface area contributed by atoms with Crippen LogP contribution in [0.5, 0.6) is 0 Å². The maximum absolute atomic E-state index is 6.17. The van der Waals surface area contributed by atoms with E-state index in [4.69, 9.17) is 16.0 Å². The Kier molecular flexibility index (Phi) is 4.38. The van der Waals surface area contributed by atoms with Crippen LogP contribution in [0.2, 0.25) is 5.02 Å². The van der Waals surface area contributed by atoms with E-state index in [1.165, 1.54) is 0 Å². The molecule has 2 heterocycles. The summed E-state index contributed by atoms with van der Waals surface area (Å²) in [6.45, 7) is 1.89. The molecule has 0 saturated carbocycles. The first-order valence-electron chi connectivity index (χ1n) is 7.64. The van der Waals surface area contributed by atoms with Crippen molar-refractivity contribution >= 4 is 34.3 Å². The lowest BCUT2D eigenvalue weighted by Crippen LogP contribution is -1.93. The van der Waals surface area contributed by atoms with E-state index >= 15 is 0 Å².